The van der Waals surface area contributed by atoms with Gasteiger partial charge in [-0.1, -0.05) is 0 Å². The van der Waals surface area contributed by atoms with Gasteiger partial charge in [-0.3, -0.25) is 4.40 Å². The van der Waals surface area contributed by atoms with Gasteiger partial charge in [-0.15, -0.1) is 0 Å². The van der Waals surface area contributed by atoms with Crippen molar-refractivity contribution < 1.29 is 29.0 Å². The summed E-state index contributed by atoms with van der Waals surface area (Å²) in [5.74, 6) is -1.38. The van der Waals surface area contributed by atoms with Crippen LogP contribution < -0.4 is 4.90 Å². The third kappa shape index (κ3) is 4.77. The lowest BCUT2D eigenvalue weighted by Gasteiger charge is -2.29. The number of anilines is 1. The van der Waals surface area contributed by atoms with Gasteiger partial charge >= 0.3 is 18.2 Å². The van der Waals surface area contributed by atoms with E-state index < -0.39 is 29.4 Å². The molecule has 0 aliphatic carbocycles. The zero-order chi connectivity index (χ0) is 21.4. The number of amides is 2. The number of ether oxygens (including phenoxy) is 2. The van der Waals surface area contributed by atoms with Crippen LogP contribution in [0, 0.1) is 0 Å². The van der Waals surface area contributed by atoms with Gasteiger partial charge in [-0.2, -0.15) is 4.90 Å². The molecule has 2 aromatic heterocycles. The number of carbonyl (C=O) groups is 3. The Bertz CT molecular complexity index is 913. The number of fused-ring (bicyclic) bond motifs is 1. The number of rotatable bonds is 2. The van der Waals surface area contributed by atoms with E-state index in [1.54, 1.807) is 41.5 Å². The monoisotopic (exact) mass is 456 g/mol. The van der Waals surface area contributed by atoms with Crippen molar-refractivity contribution in [2.45, 2.75) is 52.7 Å². The maximum atomic E-state index is 12.8. The molecule has 0 spiro atoms. The number of carboxylic acid groups (broad SMARTS) is 1. The summed E-state index contributed by atoms with van der Waals surface area (Å²) in [5, 5.41) is 9.28. The van der Waals surface area contributed by atoms with Gasteiger partial charge in [-0.25, -0.2) is 24.4 Å². The van der Waals surface area contributed by atoms with Gasteiger partial charge in [0, 0.05) is 0 Å². The Morgan fingerprint density at radius 3 is 1.96 bits per heavy atom. The fraction of sp³-hybridized carbons (Fsp3) is 0.471. The second-order valence-electron chi connectivity index (χ2n) is 7.82. The molecule has 28 heavy (non-hydrogen) atoms. The van der Waals surface area contributed by atoms with E-state index in [9.17, 15) is 19.5 Å². The second-order valence-corrected chi connectivity index (χ2v) is 8.57. The SMILES string of the molecule is CC(C)(C)OC(=O)N(C(=O)OC(C)(C)C)c1c(Br)ncc2c(C(=O)O)ncn12. The molecule has 1 N–H and O–H groups in total. The van der Waals surface area contributed by atoms with Crippen LogP contribution in [0.2, 0.25) is 0 Å². The van der Waals surface area contributed by atoms with Crippen molar-refractivity contribution in [1.29, 1.82) is 0 Å². The number of hydrogen-bond donors (Lipinski definition) is 1. The summed E-state index contributed by atoms with van der Waals surface area (Å²) in [7, 11) is 0. The van der Waals surface area contributed by atoms with Crippen LogP contribution in [0.5, 0.6) is 0 Å². The first kappa shape index (κ1) is 21.6. The molecular weight excluding hydrogens is 436 g/mol. The third-order valence-electron chi connectivity index (χ3n) is 3.08. The summed E-state index contributed by atoms with van der Waals surface area (Å²) in [5.41, 5.74) is -1.99. The molecule has 10 nitrogen and oxygen atoms in total. The number of halogens is 1. The van der Waals surface area contributed by atoms with Gasteiger partial charge < -0.3 is 14.6 Å². The van der Waals surface area contributed by atoms with E-state index in [1.165, 1.54) is 16.9 Å². The van der Waals surface area contributed by atoms with Crippen molar-refractivity contribution in [3.63, 3.8) is 0 Å². The Balaban J connectivity index is 2.69. The van der Waals surface area contributed by atoms with Crippen molar-refractivity contribution >= 4 is 45.4 Å². The van der Waals surface area contributed by atoms with E-state index in [4.69, 9.17) is 9.47 Å². The number of aromatic nitrogens is 3. The van der Waals surface area contributed by atoms with Crippen molar-refractivity contribution in [1.82, 2.24) is 14.4 Å². The first-order chi connectivity index (χ1) is 12.7. The topological polar surface area (TPSA) is 123 Å². The summed E-state index contributed by atoms with van der Waals surface area (Å²) in [6.07, 6.45) is 0.402. The Morgan fingerprint density at radius 2 is 1.54 bits per heavy atom. The van der Waals surface area contributed by atoms with E-state index in [1.807, 2.05) is 0 Å². The number of imidazole rings is 1. The van der Waals surface area contributed by atoms with E-state index in [2.05, 4.69) is 25.9 Å². The van der Waals surface area contributed by atoms with Crippen LogP contribution in [-0.4, -0.2) is 48.8 Å². The lowest BCUT2D eigenvalue weighted by molar-refractivity contribution is 0.0427. The smallest absolute Gasteiger partial charge is 0.425 e. The highest BCUT2D eigenvalue weighted by Gasteiger charge is 2.36. The first-order valence-electron chi connectivity index (χ1n) is 8.22. The number of carbonyl (C=O) groups excluding carboxylic acids is 2. The van der Waals surface area contributed by atoms with Crippen molar-refractivity contribution in [3.8, 4) is 0 Å². The highest BCUT2D eigenvalue weighted by Crippen LogP contribution is 2.29. The largest absolute Gasteiger partial charge is 0.476 e. The van der Waals surface area contributed by atoms with Crippen molar-refractivity contribution in [3.05, 3.63) is 22.8 Å². The third-order valence-corrected chi connectivity index (χ3v) is 3.64. The number of hydrogen-bond acceptors (Lipinski definition) is 7. The van der Waals surface area contributed by atoms with Crippen molar-refractivity contribution in [2.24, 2.45) is 0 Å². The molecule has 2 amide bonds. The molecule has 2 aromatic rings. The zero-order valence-corrected chi connectivity index (χ0v) is 17.9. The molecule has 0 bridgehead atoms. The molecule has 2 rings (SSSR count). The standard InChI is InChI=1S/C17H21BrN4O6/c1-16(2,3)27-14(25)22(15(26)28-17(4,5)6)12-11(18)19-7-9-10(13(23)24)20-8-21(9)12/h7-8H,1-6H3,(H,23,24). The molecule has 0 atom stereocenters. The molecule has 0 saturated heterocycles. The summed E-state index contributed by atoms with van der Waals surface area (Å²) in [6, 6.07) is 0. The predicted octanol–water partition coefficient (Wildman–Crippen LogP) is 3.87. The van der Waals surface area contributed by atoms with E-state index in [-0.39, 0.29) is 21.6 Å². The summed E-state index contributed by atoms with van der Waals surface area (Å²) >= 11 is 3.20. The second kappa shape index (κ2) is 7.38. The minimum Gasteiger partial charge on any atom is -0.476 e. The molecule has 0 fully saturated rings. The quantitative estimate of drug-likeness (QED) is 0.721. The molecule has 152 valence electrons. The Hall–Kier alpha value is -2.69. The number of carboxylic acids is 1. The van der Waals surface area contributed by atoms with Gasteiger partial charge in [0.15, 0.2) is 11.5 Å². The van der Waals surface area contributed by atoms with Crippen LogP contribution in [0.1, 0.15) is 52.0 Å². The molecule has 0 aromatic carbocycles. The number of nitrogens with zero attached hydrogens (tertiary/aromatic N) is 4. The molecule has 0 saturated carbocycles. The molecule has 0 unspecified atom stereocenters. The van der Waals surface area contributed by atoms with Crippen LogP contribution in [0.15, 0.2) is 17.1 Å². The minimum absolute atomic E-state index is 0.0859. The van der Waals surface area contributed by atoms with Gasteiger partial charge in [0.1, 0.15) is 27.6 Å². The maximum absolute atomic E-state index is 12.8. The lowest BCUT2D eigenvalue weighted by Crippen LogP contribution is -2.44. The van der Waals surface area contributed by atoms with Gasteiger partial charge in [0.2, 0.25) is 0 Å². The molecule has 0 aliphatic rings. The Kier molecular flexibility index (Phi) is 5.69. The predicted molar refractivity (Wildman–Crippen MR) is 103 cm³/mol. The van der Waals surface area contributed by atoms with Gasteiger partial charge in [0.05, 0.1) is 6.20 Å². The summed E-state index contributed by atoms with van der Waals surface area (Å²) < 4.78 is 12.0. The molecule has 2 heterocycles. The summed E-state index contributed by atoms with van der Waals surface area (Å²) in [6.45, 7) is 9.87. The number of imide groups is 1. The number of aromatic carboxylic acids is 1. The van der Waals surface area contributed by atoms with Crippen molar-refractivity contribution in [2.75, 3.05) is 4.90 Å². The van der Waals surface area contributed by atoms with E-state index in [0.29, 0.717) is 4.90 Å². The first-order valence-corrected chi connectivity index (χ1v) is 9.01. The van der Waals surface area contributed by atoms with E-state index in [0.717, 1.165) is 0 Å². The van der Waals surface area contributed by atoms with Crippen LogP contribution in [0.3, 0.4) is 0 Å². The normalized spacial score (nSPS) is 12.0. The maximum Gasteiger partial charge on any atom is 0.425 e. The van der Waals surface area contributed by atoms with E-state index >= 15 is 0 Å². The Morgan fingerprint density at radius 1 is 1.04 bits per heavy atom. The van der Waals surface area contributed by atoms with Gasteiger partial charge in [-0.05, 0) is 57.5 Å². The van der Waals surface area contributed by atoms with Gasteiger partial charge in [0.25, 0.3) is 0 Å². The fourth-order valence-electron chi connectivity index (χ4n) is 2.15. The fourth-order valence-corrected chi connectivity index (χ4v) is 2.62. The average molecular weight is 457 g/mol. The molecular formula is C17H21BrN4O6. The Labute approximate surface area is 169 Å². The zero-order valence-electron chi connectivity index (χ0n) is 16.3. The summed E-state index contributed by atoms with van der Waals surface area (Å²) in [4.78, 5) is 45.5. The minimum atomic E-state index is -1.28. The highest BCUT2D eigenvalue weighted by molar-refractivity contribution is 9.10. The molecule has 0 radical (unpaired) electrons. The van der Waals surface area contributed by atoms with Crippen LogP contribution in [0.25, 0.3) is 5.52 Å². The van der Waals surface area contributed by atoms with Crippen LogP contribution >= 0.6 is 15.9 Å². The van der Waals surface area contributed by atoms with Crippen LogP contribution in [0.4, 0.5) is 15.4 Å². The highest BCUT2D eigenvalue weighted by atomic mass is 79.9. The van der Waals surface area contributed by atoms with Crippen LogP contribution in [-0.2, 0) is 9.47 Å². The molecule has 11 heteroatoms. The molecule has 0 aliphatic heterocycles. The average Bonchev–Trinajstić information content (AvgIpc) is 2.90. The lowest BCUT2D eigenvalue weighted by atomic mass is 10.2.